The summed E-state index contributed by atoms with van der Waals surface area (Å²) in [6.07, 6.45) is 1.67. The van der Waals surface area contributed by atoms with Gasteiger partial charge in [0.25, 0.3) is 0 Å². The van der Waals surface area contributed by atoms with Gasteiger partial charge in [0.2, 0.25) is 0 Å². The Hall–Kier alpha value is -1.01. The van der Waals surface area contributed by atoms with Crippen LogP contribution in [0.1, 0.15) is 19.2 Å². The van der Waals surface area contributed by atoms with E-state index in [9.17, 15) is 4.39 Å². The van der Waals surface area contributed by atoms with Gasteiger partial charge in [-0.1, -0.05) is 13.0 Å². The van der Waals surface area contributed by atoms with Crippen molar-refractivity contribution in [3.63, 3.8) is 0 Å². The molecule has 0 spiro atoms. The molecule has 0 bridgehead atoms. The lowest BCUT2D eigenvalue weighted by molar-refractivity contribution is 0.612. The Morgan fingerprint density at radius 1 is 1.53 bits per heavy atom. The van der Waals surface area contributed by atoms with Crippen LogP contribution in [0.4, 0.5) is 4.39 Å². The van der Waals surface area contributed by atoms with Gasteiger partial charge in [-0.25, -0.2) is 4.39 Å². The van der Waals surface area contributed by atoms with Gasteiger partial charge in [-0.3, -0.25) is 9.67 Å². The summed E-state index contributed by atoms with van der Waals surface area (Å²) in [5, 5.41) is 6.83. The molecular formula is C11H11BrFN3S. The maximum absolute atomic E-state index is 13.9. The summed E-state index contributed by atoms with van der Waals surface area (Å²) >= 11 is 8.48. The molecule has 3 nitrogen and oxygen atoms in total. The first kappa shape index (κ1) is 12.4. The largest absolute Gasteiger partial charge is 0.268 e. The first-order valence-electron chi connectivity index (χ1n) is 5.25. The van der Waals surface area contributed by atoms with Crippen molar-refractivity contribution in [2.45, 2.75) is 19.8 Å². The number of hydrogen-bond donors (Lipinski definition) is 1. The fraction of sp³-hybridized carbons (Fsp3) is 0.273. The van der Waals surface area contributed by atoms with Crippen LogP contribution in [0.2, 0.25) is 0 Å². The number of H-pyrrole nitrogens is 1. The SMILES string of the molecule is CCCc1n[nH]c(=S)n1-c1c(F)cccc1Br. The summed E-state index contributed by atoms with van der Waals surface area (Å²) in [6, 6.07) is 4.83. The predicted octanol–water partition coefficient (Wildman–Crippen LogP) is 3.78. The van der Waals surface area contributed by atoms with E-state index in [1.54, 1.807) is 16.7 Å². The van der Waals surface area contributed by atoms with Crippen molar-refractivity contribution in [1.29, 1.82) is 0 Å². The highest BCUT2D eigenvalue weighted by Gasteiger charge is 2.14. The Kier molecular flexibility index (Phi) is 3.73. The molecule has 1 N–H and O–H groups in total. The van der Waals surface area contributed by atoms with Crippen molar-refractivity contribution >= 4 is 28.1 Å². The maximum Gasteiger partial charge on any atom is 0.200 e. The number of benzene rings is 1. The van der Waals surface area contributed by atoms with Gasteiger partial charge in [0, 0.05) is 10.9 Å². The minimum absolute atomic E-state index is 0.325. The Morgan fingerprint density at radius 3 is 2.94 bits per heavy atom. The van der Waals surface area contributed by atoms with Gasteiger partial charge in [0.05, 0.1) is 5.69 Å². The van der Waals surface area contributed by atoms with E-state index in [0.29, 0.717) is 14.9 Å². The average Bonchev–Trinajstić information content (AvgIpc) is 2.62. The summed E-state index contributed by atoms with van der Waals surface area (Å²) < 4.78 is 16.6. The van der Waals surface area contributed by atoms with Crippen molar-refractivity contribution in [1.82, 2.24) is 14.8 Å². The van der Waals surface area contributed by atoms with Crippen molar-refractivity contribution in [2.24, 2.45) is 0 Å². The van der Waals surface area contributed by atoms with E-state index in [1.165, 1.54) is 6.07 Å². The molecule has 0 aliphatic rings. The molecule has 0 saturated carbocycles. The van der Waals surface area contributed by atoms with Crippen LogP contribution < -0.4 is 0 Å². The molecule has 1 aromatic carbocycles. The third kappa shape index (κ3) is 2.32. The lowest BCUT2D eigenvalue weighted by Crippen LogP contribution is -2.04. The van der Waals surface area contributed by atoms with E-state index in [1.807, 2.05) is 6.92 Å². The number of halogens is 2. The van der Waals surface area contributed by atoms with E-state index in [4.69, 9.17) is 12.2 Å². The third-order valence-corrected chi connectivity index (χ3v) is 3.29. The molecular weight excluding hydrogens is 305 g/mol. The first-order valence-corrected chi connectivity index (χ1v) is 6.46. The number of nitrogens with one attached hydrogen (secondary N) is 1. The van der Waals surface area contributed by atoms with Crippen LogP contribution in [0, 0.1) is 10.6 Å². The van der Waals surface area contributed by atoms with E-state index in [-0.39, 0.29) is 5.82 Å². The quantitative estimate of drug-likeness (QED) is 0.874. The molecule has 1 heterocycles. The zero-order valence-electron chi connectivity index (χ0n) is 9.20. The molecule has 0 atom stereocenters. The molecule has 0 saturated heterocycles. The molecule has 90 valence electrons. The summed E-state index contributed by atoms with van der Waals surface area (Å²) in [6.45, 7) is 2.04. The van der Waals surface area contributed by atoms with Crippen LogP contribution in [-0.4, -0.2) is 14.8 Å². The zero-order valence-corrected chi connectivity index (χ0v) is 11.6. The van der Waals surface area contributed by atoms with E-state index in [0.717, 1.165) is 18.7 Å². The second-order valence-electron chi connectivity index (χ2n) is 3.60. The zero-order chi connectivity index (χ0) is 12.4. The van der Waals surface area contributed by atoms with Gasteiger partial charge in [-0.2, -0.15) is 5.10 Å². The smallest absolute Gasteiger partial charge is 0.200 e. The van der Waals surface area contributed by atoms with Gasteiger partial charge in [-0.05, 0) is 46.7 Å². The molecule has 2 rings (SSSR count). The van der Waals surface area contributed by atoms with Crippen molar-refractivity contribution in [3.05, 3.63) is 39.1 Å². The summed E-state index contributed by atoms with van der Waals surface area (Å²) in [5.41, 5.74) is 0.412. The van der Waals surface area contributed by atoms with Crippen LogP contribution in [0.25, 0.3) is 5.69 Å². The number of aryl methyl sites for hydroxylation is 1. The van der Waals surface area contributed by atoms with Crippen molar-refractivity contribution in [3.8, 4) is 5.69 Å². The highest BCUT2D eigenvalue weighted by atomic mass is 79.9. The highest BCUT2D eigenvalue weighted by molar-refractivity contribution is 9.10. The average molecular weight is 316 g/mol. The normalized spacial score (nSPS) is 10.8. The lowest BCUT2D eigenvalue weighted by Gasteiger charge is -2.09. The van der Waals surface area contributed by atoms with Gasteiger partial charge >= 0.3 is 0 Å². The topological polar surface area (TPSA) is 33.6 Å². The molecule has 0 amide bonds. The lowest BCUT2D eigenvalue weighted by atomic mass is 10.2. The van der Waals surface area contributed by atoms with Gasteiger partial charge in [-0.15, -0.1) is 0 Å². The second kappa shape index (κ2) is 5.10. The number of aromatic amines is 1. The number of nitrogens with zero attached hydrogens (tertiary/aromatic N) is 2. The Balaban J connectivity index is 2.68. The number of aromatic nitrogens is 3. The van der Waals surface area contributed by atoms with Crippen LogP contribution >= 0.6 is 28.1 Å². The minimum atomic E-state index is -0.325. The van der Waals surface area contributed by atoms with Crippen LogP contribution in [-0.2, 0) is 6.42 Å². The van der Waals surface area contributed by atoms with E-state index in [2.05, 4.69) is 26.1 Å². The van der Waals surface area contributed by atoms with Gasteiger partial charge in [0.1, 0.15) is 11.6 Å². The number of rotatable bonds is 3. The minimum Gasteiger partial charge on any atom is -0.268 e. The fourth-order valence-electron chi connectivity index (χ4n) is 1.65. The molecule has 6 heteroatoms. The Labute approximate surface area is 112 Å². The van der Waals surface area contributed by atoms with Gasteiger partial charge in [0.15, 0.2) is 4.77 Å². The molecule has 0 radical (unpaired) electrons. The molecule has 0 aliphatic heterocycles. The number of para-hydroxylation sites is 1. The van der Waals surface area contributed by atoms with Crippen LogP contribution in [0.15, 0.2) is 22.7 Å². The second-order valence-corrected chi connectivity index (χ2v) is 4.84. The summed E-state index contributed by atoms with van der Waals surface area (Å²) in [7, 11) is 0. The third-order valence-electron chi connectivity index (χ3n) is 2.38. The van der Waals surface area contributed by atoms with Crippen LogP contribution in [0.3, 0.4) is 0 Å². The van der Waals surface area contributed by atoms with E-state index >= 15 is 0 Å². The Bertz CT molecular complexity index is 570. The predicted molar refractivity (Wildman–Crippen MR) is 70.4 cm³/mol. The first-order chi connectivity index (χ1) is 8.15. The van der Waals surface area contributed by atoms with Crippen LogP contribution in [0.5, 0.6) is 0 Å². The molecule has 2 aromatic rings. The van der Waals surface area contributed by atoms with E-state index < -0.39 is 0 Å². The molecule has 0 unspecified atom stereocenters. The maximum atomic E-state index is 13.9. The number of hydrogen-bond acceptors (Lipinski definition) is 2. The summed E-state index contributed by atoms with van der Waals surface area (Å²) in [4.78, 5) is 0. The molecule has 0 aliphatic carbocycles. The van der Waals surface area contributed by atoms with Gasteiger partial charge < -0.3 is 0 Å². The Morgan fingerprint density at radius 2 is 2.29 bits per heavy atom. The standard InChI is InChI=1S/C11H11BrFN3S/c1-2-4-9-14-15-11(17)16(9)10-7(12)5-3-6-8(10)13/h3,5-6H,2,4H2,1H3,(H,15,17). The molecule has 0 fully saturated rings. The van der Waals surface area contributed by atoms with Crippen molar-refractivity contribution < 1.29 is 4.39 Å². The monoisotopic (exact) mass is 315 g/mol. The molecule has 1 aromatic heterocycles. The highest BCUT2D eigenvalue weighted by Crippen LogP contribution is 2.25. The molecule has 17 heavy (non-hydrogen) atoms. The van der Waals surface area contributed by atoms with Crippen molar-refractivity contribution in [2.75, 3.05) is 0 Å². The fourth-order valence-corrected chi connectivity index (χ4v) is 2.42. The summed E-state index contributed by atoms with van der Waals surface area (Å²) in [5.74, 6) is 0.414.